The molecule has 6 nitrogen and oxygen atoms in total. The summed E-state index contributed by atoms with van der Waals surface area (Å²) in [7, 11) is 0. The number of rotatable bonds is 5. The standard InChI is InChI=1S/C21H21F4N3O3/c22-15-4-2-6-18(12-15)31-17-7-9-28(10-8-17)20(30)27-16-5-1-3-14(11-16)19(29)26-13-21(23,24)25/h1-6,11-12,17H,7-10,13H2,(H,26,29)(H,27,30). The van der Waals surface area contributed by atoms with Crippen LogP contribution in [0.15, 0.2) is 48.5 Å². The molecule has 0 atom stereocenters. The van der Waals surface area contributed by atoms with Gasteiger partial charge in [-0.2, -0.15) is 13.2 Å². The summed E-state index contributed by atoms with van der Waals surface area (Å²) in [5.74, 6) is -0.837. The Kier molecular flexibility index (Phi) is 6.98. The zero-order chi connectivity index (χ0) is 22.4. The topological polar surface area (TPSA) is 70.7 Å². The van der Waals surface area contributed by atoms with Crippen LogP contribution in [0.25, 0.3) is 0 Å². The molecule has 0 radical (unpaired) electrons. The third kappa shape index (κ3) is 6.87. The van der Waals surface area contributed by atoms with E-state index in [9.17, 15) is 27.2 Å². The normalized spacial score (nSPS) is 14.8. The van der Waals surface area contributed by atoms with Crippen molar-refractivity contribution in [2.75, 3.05) is 25.0 Å². The van der Waals surface area contributed by atoms with E-state index < -0.39 is 24.7 Å². The SMILES string of the molecule is O=C(NCC(F)(F)F)c1cccc(NC(=O)N2CCC(Oc3cccc(F)c3)CC2)c1. The van der Waals surface area contributed by atoms with Crippen LogP contribution in [0, 0.1) is 5.82 Å². The average Bonchev–Trinajstić information content (AvgIpc) is 2.72. The van der Waals surface area contributed by atoms with Crippen molar-refractivity contribution < 1.29 is 31.9 Å². The van der Waals surface area contributed by atoms with Crippen molar-refractivity contribution in [3.8, 4) is 5.75 Å². The molecule has 2 aromatic carbocycles. The number of piperidine rings is 1. The molecule has 0 unspecified atom stereocenters. The molecule has 2 N–H and O–H groups in total. The van der Waals surface area contributed by atoms with Crippen molar-refractivity contribution in [2.24, 2.45) is 0 Å². The molecule has 2 aromatic rings. The second kappa shape index (κ2) is 9.67. The van der Waals surface area contributed by atoms with Gasteiger partial charge in [0.1, 0.15) is 24.2 Å². The third-order valence-corrected chi connectivity index (χ3v) is 4.65. The van der Waals surface area contributed by atoms with Crippen LogP contribution < -0.4 is 15.4 Å². The van der Waals surface area contributed by atoms with Crippen LogP contribution >= 0.6 is 0 Å². The number of urea groups is 1. The summed E-state index contributed by atoms with van der Waals surface area (Å²) < 4.78 is 55.8. The number of nitrogens with zero attached hydrogens (tertiary/aromatic N) is 1. The second-order valence-corrected chi connectivity index (χ2v) is 7.07. The fourth-order valence-corrected chi connectivity index (χ4v) is 3.13. The van der Waals surface area contributed by atoms with E-state index in [1.807, 2.05) is 0 Å². The first-order chi connectivity index (χ1) is 14.7. The molecular formula is C21H21F4N3O3. The van der Waals surface area contributed by atoms with E-state index in [-0.39, 0.29) is 17.5 Å². The van der Waals surface area contributed by atoms with Crippen LogP contribution in [0.2, 0.25) is 0 Å². The number of carbonyl (C=O) groups excluding carboxylic acids is 2. The highest BCUT2D eigenvalue weighted by Crippen LogP contribution is 2.21. The predicted octanol–water partition coefficient (Wildman–Crippen LogP) is 4.19. The Balaban J connectivity index is 1.50. The monoisotopic (exact) mass is 439 g/mol. The van der Waals surface area contributed by atoms with E-state index >= 15 is 0 Å². The minimum atomic E-state index is -4.51. The van der Waals surface area contributed by atoms with E-state index in [0.29, 0.717) is 37.4 Å². The fourth-order valence-electron chi connectivity index (χ4n) is 3.13. The Morgan fingerprint density at radius 1 is 1.06 bits per heavy atom. The smallest absolute Gasteiger partial charge is 0.405 e. The number of amides is 3. The molecule has 10 heteroatoms. The van der Waals surface area contributed by atoms with Crippen LogP contribution in [0.1, 0.15) is 23.2 Å². The maximum Gasteiger partial charge on any atom is 0.405 e. The quantitative estimate of drug-likeness (QED) is 0.687. The van der Waals surface area contributed by atoms with Gasteiger partial charge in [-0.25, -0.2) is 9.18 Å². The molecular weight excluding hydrogens is 418 g/mol. The number of halogens is 4. The highest BCUT2D eigenvalue weighted by molar-refractivity contribution is 5.96. The summed E-state index contributed by atoms with van der Waals surface area (Å²) in [4.78, 5) is 25.9. The lowest BCUT2D eigenvalue weighted by atomic mass is 10.1. The highest BCUT2D eigenvalue weighted by atomic mass is 19.4. The van der Waals surface area contributed by atoms with Crippen molar-refractivity contribution >= 4 is 17.6 Å². The summed E-state index contributed by atoms with van der Waals surface area (Å²) in [5, 5.41) is 4.43. The average molecular weight is 439 g/mol. The van der Waals surface area contributed by atoms with E-state index in [1.54, 1.807) is 22.3 Å². The number of carbonyl (C=O) groups is 2. The van der Waals surface area contributed by atoms with Crippen molar-refractivity contribution in [1.29, 1.82) is 0 Å². The van der Waals surface area contributed by atoms with E-state index in [0.717, 1.165) is 0 Å². The summed E-state index contributed by atoms with van der Waals surface area (Å²) in [6.45, 7) is -0.607. The Hall–Kier alpha value is -3.30. The molecule has 1 fully saturated rings. The van der Waals surface area contributed by atoms with E-state index in [4.69, 9.17) is 4.74 Å². The number of nitrogens with one attached hydrogen (secondary N) is 2. The Morgan fingerprint density at radius 2 is 1.77 bits per heavy atom. The van der Waals surface area contributed by atoms with Crippen LogP contribution in [0.4, 0.5) is 28.0 Å². The molecule has 3 amide bonds. The number of benzene rings is 2. The highest BCUT2D eigenvalue weighted by Gasteiger charge is 2.28. The zero-order valence-corrected chi connectivity index (χ0v) is 16.4. The van der Waals surface area contributed by atoms with Crippen molar-refractivity contribution in [2.45, 2.75) is 25.1 Å². The maximum absolute atomic E-state index is 13.3. The molecule has 1 heterocycles. The first kappa shape index (κ1) is 22.4. The van der Waals surface area contributed by atoms with Gasteiger partial charge in [-0.05, 0) is 30.3 Å². The minimum Gasteiger partial charge on any atom is -0.490 e. The Bertz CT molecular complexity index is 928. The number of hydrogen-bond acceptors (Lipinski definition) is 3. The summed E-state index contributed by atoms with van der Waals surface area (Å²) in [5.41, 5.74) is 0.298. The van der Waals surface area contributed by atoms with Crippen LogP contribution in [0.3, 0.4) is 0 Å². The van der Waals surface area contributed by atoms with Gasteiger partial charge in [-0.15, -0.1) is 0 Å². The molecule has 1 aliphatic rings. The summed E-state index contributed by atoms with van der Waals surface area (Å²) in [6.07, 6.45) is -3.54. The predicted molar refractivity (Wildman–Crippen MR) is 105 cm³/mol. The first-order valence-electron chi connectivity index (χ1n) is 9.63. The van der Waals surface area contributed by atoms with Crippen molar-refractivity contribution in [1.82, 2.24) is 10.2 Å². The largest absolute Gasteiger partial charge is 0.490 e. The van der Waals surface area contributed by atoms with Crippen LogP contribution in [-0.4, -0.2) is 48.8 Å². The lowest BCUT2D eigenvalue weighted by Crippen LogP contribution is -2.43. The molecule has 1 aliphatic heterocycles. The van der Waals surface area contributed by atoms with Gasteiger partial charge in [0.2, 0.25) is 0 Å². The molecule has 0 bridgehead atoms. The molecule has 31 heavy (non-hydrogen) atoms. The van der Waals surface area contributed by atoms with Crippen LogP contribution in [-0.2, 0) is 0 Å². The van der Waals surface area contributed by atoms with Gasteiger partial charge in [0.15, 0.2) is 0 Å². The lowest BCUT2D eigenvalue weighted by Gasteiger charge is -2.32. The number of hydrogen-bond donors (Lipinski definition) is 2. The molecule has 0 spiro atoms. The lowest BCUT2D eigenvalue weighted by molar-refractivity contribution is -0.123. The van der Waals surface area contributed by atoms with Gasteiger partial charge in [0.05, 0.1) is 0 Å². The van der Waals surface area contributed by atoms with E-state index in [1.165, 1.54) is 36.4 Å². The Labute approximate surface area is 176 Å². The number of anilines is 1. The molecule has 3 rings (SSSR count). The van der Waals surface area contributed by atoms with Gasteiger partial charge >= 0.3 is 12.2 Å². The van der Waals surface area contributed by atoms with Crippen molar-refractivity contribution in [3.63, 3.8) is 0 Å². The minimum absolute atomic E-state index is 0.00394. The third-order valence-electron chi connectivity index (χ3n) is 4.65. The van der Waals surface area contributed by atoms with Gasteiger partial charge in [0.25, 0.3) is 5.91 Å². The van der Waals surface area contributed by atoms with Crippen LogP contribution in [0.5, 0.6) is 5.75 Å². The second-order valence-electron chi connectivity index (χ2n) is 7.07. The number of alkyl halides is 3. The van der Waals surface area contributed by atoms with Crippen molar-refractivity contribution in [3.05, 3.63) is 59.9 Å². The fraction of sp³-hybridized carbons (Fsp3) is 0.333. The zero-order valence-electron chi connectivity index (χ0n) is 16.4. The number of ether oxygens (including phenoxy) is 1. The van der Waals surface area contributed by atoms with Gasteiger partial charge in [0, 0.05) is 43.2 Å². The van der Waals surface area contributed by atoms with Gasteiger partial charge in [-0.1, -0.05) is 12.1 Å². The molecule has 0 saturated carbocycles. The Morgan fingerprint density at radius 3 is 2.45 bits per heavy atom. The van der Waals surface area contributed by atoms with E-state index in [2.05, 4.69) is 5.32 Å². The summed E-state index contributed by atoms with van der Waals surface area (Å²) >= 11 is 0. The maximum atomic E-state index is 13.3. The molecule has 166 valence electrons. The van der Waals surface area contributed by atoms with Gasteiger partial charge in [-0.3, -0.25) is 4.79 Å². The molecule has 0 aromatic heterocycles. The van der Waals surface area contributed by atoms with Gasteiger partial charge < -0.3 is 20.3 Å². The molecule has 1 saturated heterocycles. The summed E-state index contributed by atoms with van der Waals surface area (Å²) in [6, 6.07) is 11.1. The number of likely N-dealkylation sites (tertiary alicyclic amines) is 1. The first-order valence-corrected chi connectivity index (χ1v) is 9.63. The molecule has 0 aliphatic carbocycles.